The molecule has 1 aromatic heterocycles. The normalized spacial score (nSPS) is 15.2. The van der Waals surface area contributed by atoms with Crippen LogP contribution in [0.3, 0.4) is 0 Å². The SMILES string of the molecule is COc1ccccc1OCCCN1CCN(c2n[nH]c3ccccc23)CC1. The van der Waals surface area contributed by atoms with Gasteiger partial charge in [0.2, 0.25) is 0 Å². The van der Waals surface area contributed by atoms with Crippen LogP contribution in [-0.4, -0.2) is 61.5 Å². The zero-order valence-corrected chi connectivity index (χ0v) is 15.7. The number of aromatic amines is 1. The molecule has 2 aromatic carbocycles. The molecule has 0 saturated carbocycles. The number of fused-ring (bicyclic) bond motifs is 1. The van der Waals surface area contributed by atoms with Crippen LogP contribution in [0, 0.1) is 0 Å². The third kappa shape index (κ3) is 4.01. The van der Waals surface area contributed by atoms with Crippen LogP contribution >= 0.6 is 0 Å². The lowest BCUT2D eigenvalue weighted by Crippen LogP contribution is -2.47. The van der Waals surface area contributed by atoms with Gasteiger partial charge in [-0.15, -0.1) is 0 Å². The standard InChI is InChI=1S/C21H26N4O2/c1-26-19-9-4-5-10-20(19)27-16-6-11-24-12-14-25(15-13-24)21-17-7-2-3-8-18(17)22-23-21/h2-5,7-10H,6,11-16H2,1H3,(H,22,23). The average Bonchev–Trinajstić information content (AvgIpc) is 3.16. The maximum Gasteiger partial charge on any atom is 0.161 e. The molecule has 1 saturated heterocycles. The van der Waals surface area contributed by atoms with E-state index in [9.17, 15) is 0 Å². The van der Waals surface area contributed by atoms with Crippen LogP contribution in [0.5, 0.6) is 11.5 Å². The zero-order valence-electron chi connectivity index (χ0n) is 15.7. The molecule has 0 bridgehead atoms. The molecule has 0 aliphatic carbocycles. The Bertz CT molecular complexity index is 871. The van der Waals surface area contributed by atoms with Gasteiger partial charge in [-0.2, -0.15) is 5.10 Å². The molecule has 1 aliphatic rings. The fraction of sp³-hybridized carbons (Fsp3) is 0.381. The number of piperazine rings is 1. The number of methoxy groups -OCH3 is 1. The molecule has 1 fully saturated rings. The number of ether oxygens (including phenoxy) is 2. The van der Waals surface area contributed by atoms with Crippen molar-refractivity contribution in [2.75, 3.05) is 51.3 Å². The lowest BCUT2D eigenvalue weighted by Gasteiger charge is -2.35. The van der Waals surface area contributed by atoms with Crippen molar-refractivity contribution in [1.29, 1.82) is 0 Å². The predicted molar refractivity (Wildman–Crippen MR) is 108 cm³/mol. The largest absolute Gasteiger partial charge is 0.493 e. The molecule has 142 valence electrons. The second-order valence-electron chi connectivity index (χ2n) is 6.77. The average molecular weight is 366 g/mol. The van der Waals surface area contributed by atoms with E-state index in [4.69, 9.17) is 9.47 Å². The van der Waals surface area contributed by atoms with E-state index in [1.165, 1.54) is 5.39 Å². The summed E-state index contributed by atoms with van der Waals surface area (Å²) in [7, 11) is 1.67. The molecule has 0 spiro atoms. The first-order valence-corrected chi connectivity index (χ1v) is 9.51. The van der Waals surface area contributed by atoms with E-state index in [1.54, 1.807) is 7.11 Å². The Labute approximate surface area is 159 Å². The minimum atomic E-state index is 0.699. The first-order chi connectivity index (χ1) is 13.3. The number of nitrogens with zero attached hydrogens (tertiary/aromatic N) is 3. The van der Waals surface area contributed by atoms with E-state index in [2.05, 4.69) is 38.2 Å². The van der Waals surface area contributed by atoms with Gasteiger partial charge in [0.25, 0.3) is 0 Å². The number of anilines is 1. The van der Waals surface area contributed by atoms with E-state index in [1.807, 2.05) is 30.3 Å². The van der Waals surface area contributed by atoms with E-state index >= 15 is 0 Å². The highest BCUT2D eigenvalue weighted by molar-refractivity contribution is 5.90. The summed E-state index contributed by atoms with van der Waals surface area (Å²) in [5.41, 5.74) is 1.10. The van der Waals surface area contributed by atoms with Crippen LogP contribution in [0.1, 0.15) is 6.42 Å². The molecular formula is C21H26N4O2. The summed E-state index contributed by atoms with van der Waals surface area (Å²) in [6.45, 7) is 5.85. The van der Waals surface area contributed by atoms with Crippen molar-refractivity contribution in [2.24, 2.45) is 0 Å². The summed E-state index contributed by atoms with van der Waals surface area (Å²) in [5, 5.41) is 8.86. The maximum absolute atomic E-state index is 5.87. The summed E-state index contributed by atoms with van der Waals surface area (Å²) < 4.78 is 11.2. The Morgan fingerprint density at radius 2 is 1.70 bits per heavy atom. The van der Waals surface area contributed by atoms with E-state index < -0.39 is 0 Å². The van der Waals surface area contributed by atoms with Gasteiger partial charge in [-0.25, -0.2) is 0 Å². The number of H-pyrrole nitrogens is 1. The molecule has 4 rings (SSSR count). The van der Waals surface area contributed by atoms with E-state index in [0.717, 1.165) is 62.0 Å². The molecular weight excluding hydrogens is 340 g/mol. The van der Waals surface area contributed by atoms with Crippen LogP contribution in [0.2, 0.25) is 0 Å². The van der Waals surface area contributed by atoms with Gasteiger partial charge in [0, 0.05) is 38.1 Å². The lowest BCUT2D eigenvalue weighted by atomic mass is 10.2. The third-order valence-corrected chi connectivity index (χ3v) is 5.07. The number of para-hydroxylation sites is 3. The molecule has 1 N–H and O–H groups in total. The molecule has 0 unspecified atom stereocenters. The summed E-state index contributed by atoms with van der Waals surface area (Å²) in [6.07, 6.45) is 1.00. The first kappa shape index (κ1) is 17.7. The van der Waals surface area contributed by atoms with Crippen molar-refractivity contribution in [2.45, 2.75) is 6.42 Å². The number of aromatic nitrogens is 2. The number of nitrogens with one attached hydrogen (secondary N) is 1. The van der Waals surface area contributed by atoms with Gasteiger partial charge in [-0.1, -0.05) is 24.3 Å². The maximum atomic E-state index is 5.87. The highest BCUT2D eigenvalue weighted by Crippen LogP contribution is 2.26. The van der Waals surface area contributed by atoms with Crippen LogP contribution in [0.25, 0.3) is 10.9 Å². The van der Waals surface area contributed by atoms with Crippen molar-refractivity contribution in [3.8, 4) is 11.5 Å². The van der Waals surface area contributed by atoms with Gasteiger partial charge < -0.3 is 14.4 Å². The van der Waals surface area contributed by atoms with Crippen LogP contribution in [0.15, 0.2) is 48.5 Å². The summed E-state index contributed by atoms with van der Waals surface area (Å²) >= 11 is 0. The van der Waals surface area contributed by atoms with Gasteiger partial charge >= 0.3 is 0 Å². The Balaban J connectivity index is 1.23. The Morgan fingerprint density at radius 3 is 2.52 bits per heavy atom. The highest BCUT2D eigenvalue weighted by Gasteiger charge is 2.20. The summed E-state index contributed by atoms with van der Waals surface area (Å²) in [6, 6.07) is 16.1. The number of benzene rings is 2. The van der Waals surface area contributed by atoms with Gasteiger partial charge in [0.1, 0.15) is 0 Å². The van der Waals surface area contributed by atoms with E-state index in [-0.39, 0.29) is 0 Å². The Kier molecular flexibility index (Phi) is 5.44. The van der Waals surface area contributed by atoms with Crippen LogP contribution in [-0.2, 0) is 0 Å². The molecule has 1 aliphatic heterocycles. The molecule has 2 heterocycles. The van der Waals surface area contributed by atoms with Crippen molar-refractivity contribution in [1.82, 2.24) is 15.1 Å². The molecule has 0 amide bonds. The first-order valence-electron chi connectivity index (χ1n) is 9.51. The van der Waals surface area contributed by atoms with Crippen molar-refractivity contribution < 1.29 is 9.47 Å². The topological polar surface area (TPSA) is 53.6 Å². The molecule has 6 nitrogen and oxygen atoms in total. The zero-order chi connectivity index (χ0) is 18.5. The Hall–Kier alpha value is -2.73. The second kappa shape index (κ2) is 8.31. The Morgan fingerprint density at radius 1 is 0.963 bits per heavy atom. The van der Waals surface area contributed by atoms with Crippen LogP contribution < -0.4 is 14.4 Å². The van der Waals surface area contributed by atoms with Crippen LogP contribution in [0.4, 0.5) is 5.82 Å². The fourth-order valence-corrected chi connectivity index (χ4v) is 3.58. The van der Waals surface area contributed by atoms with Crippen molar-refractivity contribution in [3.05, 3.63) is 48.5 Å². The smallest absolute Gasteiger partial charge is 0.161 e. The minimum Gasteiger partial charge on any atom is -0.493 e. The quantitative estimate of drug-likeness (QED) is 0.651. The van der Waals surface area contributed by atoms with Gasteiger partial charge in [-0.05, 0) is 30.7 Å². The van der Waals surface area contributed by atoms with Gasteiger partial charge in [-0.3, -0.25) is 10.00 Å². The van der Waals surface area contributed by atoms with Crippen molar-refractivity contribution >= 4 is 16.7 Å². The molecule has 6 heteroatoms. The fourth-order valence-electron chi connectivity index (χ4n) is 3.58. The summed E-state index contributed by atoms with van der Waals surface area (Å²) in [5.74, 6) is 2.68. The van der Waals surface area contributed by atoms with Crippen molar-refractivity contribution in [3.63, 3.8) is 0 Å². The minimum absolute atomic E-state index is 0.699. The van der Waals surface area contributed by atoms with Gasteiger partial charge in [0.05, 0.1) is 19.2 Å². The lowest BCUT2D eigenvalue weighted by molar-refractivity contribution is 0.221. The molecule has 0 radical (unpaired) electrons. The second-order valence-corrected chi connectivity index (χ2v) is 6.77. The molecule has 3 aromatic rings. The summed E-state index contributed by atoms with van der Waals surface area (Å²) in [4.78, 5) is 4.87. The number of hydrogen-bond donors (Lipinski definition) is 1. The number of hydrogen-bond acceptors (Lipinski definition) is 5. The molecule has 0 atom stereocenters. The van der Waals surface area contributed by atoms with E-state index in [0.29, 0.717) is 6.61 Å². The monoisotopic (exact) mass is 366 g/mol. The predicted octanol–water partition coefficient (Wildman–Crippen LogP) is 3.16. The highest BCUT2D eigenvalue weighted by atomic mass is 16.5. The number of rotatable bonds is 7. The third-order valence-electron chi connectivity index (χ3n) is 5.07. The molecule has 27 heavy (non-hydrogen) atoms. The van der Waals surface area contributed by atoms with Gasteiger partial charge in [0.15, 0.2) is 17.3 Å².